The first kappa shape index (κ1) is 10.3. The van der Waals surface area contributed by atoms with Crippen molar-refractivity contribution in [2.45, 2.75) is 26.4 Å². The van der Waals surface area contributed by atoms with Crippen LogP contribution in [-0.2, 0) is 0 Å². The molecular formula is C10H17NO2. The van der Waals surface area contributed by atoms with Gasteiger partial charge in [0, 0.05) is 5.92 Å². The van der Waals surface area contributed by atoms with E-state index >= 15 is 0 Å². The first-order chi connectivity index (χ1) is 6.20. The lowest BCUT2D eigenvalue weighted by Crippen LogP contribution is -2.21. The van der Waals surface area contributed by atoms with Crippen LogP contribution in [0.5, 0.6) is 0 Å². The molecule has 1 heterocycles. The number of hydrogen-bond donors (Lipinski definition) is 2. The molecule has 0 fully saturated rings. The van der Waals surface area contributed by atoms with Crippen LogP contribution in [0.3, 0.4) is 0 Å². The van der Waals surface area contributed by atoms with Crippen molar-refractivity contribution in [2.24, 2.45) is 11.7 Å². The summed E-state index contributed by atoms with van der Waals surface area (Å²) in [7, 11) is 0. The van der Waals surface area contributed by atoms with Gasteiger partial charge < -0.3 is 15.3 Å². The molecule has 74 valence electrons. The molecule has 0 bridgehead atoms. The maximum absolute atomic E-state index is 9.88. The minimum Gasteiger partial charge on any atom is -0.466 e. The Balaban J connectivity index is 2.77. The Morgan fingerprint density at radius 3 is 2.69 bits per heavy atom. The molecule has 1 aromatic rings. The smallest absolute Gasteiger partial charge is 0.135 e. The van der Waals surface area contributed by atoms with E-state index in [1.54, 1.807) is 6.26 Å². The van der Waals surface area contributed by atoms with Crippen LogP contribution in [0.2, 0.25) is 0 Å². The van der Waals surface area contributed by atoms with Crippen LogP contribution in [-0.4, -0.2) is 11.7 Å². The van der Waals surface area contributed by atoms with E-state index in [-0.39, 0.29) is 5.92 Å². The van der Waals surface area contributed by atoms with Crippen LogP contribution >= 0.6 is 0 Å². The number of aryl methyl sites for hydroxylation is 1. The van der Waals surface area contributed by atoms with Gasteiger partial charge in [0.05, 0.1) is 6.26 Å². The Kier molecular flexibility index (Phi) is 3.51. The fourth-order valence-corrected chi connectivity index (χ4v) is 1.42. The monoisotopic (exact) mass is 183 g/mol. The van der Waals surface area contributed by atoms with Gasteiger partial charge in [-0.25, -0.2) is 0 Å². The predicted molar refractivity (Wildman–Crippen MR) is 51.2 cm³/mol. The Morgan fingerprint density at radius 2 is 2.31 bits per heavy atom. The summed E-state index contributed by atoms with van der Waals surface area (Å²) in [6, 6.07) is 1.85. The maximum atomic E-state index is 9.88. The molecule has 0 saturated carbocycles. The normalized spacial score (nSPS) is 15.7. The molecule has 0 spiro atoms. The molecule has 0 saturated heterocycles. The molecule has 0 aromatic carbocycles. The largest absolute Gasteiger partial charge is 0.466 e. The Labute approximate surface area is 78.5 Å². The zero-order valence-corrected chi connectivity index (χ0v) is 8.16. The van der Waals surface area contributed by atoms with Gasteiger partial charge in [-0.05, 0) is 31.5 Å². The lowest BCUT2D eigenvalue weighted by Gasteiger charge is -2.18. The number of furan rings is 1. The average Bonchev–Trinajstić information content (AvgIpc) is 2.53. The molecule has 13 heavy (non-hydrogen) atoms. The van der Waals surface area contributed by atoms with Crippen LogP contribution < -0.4 is 5.73 Å². The highest BCUT2D eigenvalue weighted by atomic mass is 16.4. The molecule has 3 heteroatoms. The van der Waals surface area contributed by atoms with Crippen molar-refractivity contribution in [2.75, 3.05) is 6.54 Å². The van der Waals surface area contributed by atoms with E-state index in [1.165, 1.54) is 0 Å². The van der Waals surface area contributed by atoms with E-state index in [1.807, 2.05) is 19.9 Å². The van der Waals surface area contributed by atoms with Gasteiger partial charge in [-0.15, -0.1) is 0 Å². The highest BCUT2D eigenvalue weighted by Gasteiger charge is 2.21. The molecule has 3 nitrogen and oxygen atoms in total. The third-order valence-electron chi connectivity index (χ3n) is 2.44. The molecule has 0 radical (unpaired) electrons. The number of aliphatic hydroxyl groups excluding tert-OH is 1. The third kappa shape index (κ3) is 2.11. The minimum absolute atomic E-state index is 0.0878. The molecule has 0 aliphatic rings. The van der Waals surface area contributed by atoms with Gasteiger partial charge in [0.1, 0.15) is 11.9 Å². The Morgan fingerprint density at radius 1 is 1.62 bits per heavy atom. The fraction of sp³-hybridized carbons (Fsp3) is 0.600. The molecule has 0 aliphatic heterocycles. The first-order valence-electron chi connectivity index (χ1n) is 4.62. The van der Waals surface area contributed by atoms with Crippen LogP contribution in [0.25, 0.3) is 0 Å². The van der Waals surface area contributed by atoms with Crippen molar-refractivity contribution in [3.63, 3.8) is 0 Å². The molecule has 2 atom stereocenters. The van der Waals surface area contributed by atoms with Crippen LogP contribution in [0.15, 0.2) is 16.7 Å². The molecule has 0 aliphatic carbocycles. The van der Waals surface area contributed by atoms with E-state index in [2.05, 4.69) is 0 Å². The summed E-state index contributed by atoms with van der Waals surface area (Å²) in [5.41, 5.74) is 6.52. The second kappa shape index (κ2) is 4.44. The van der Waals surface area contributed by atoms with E-state index in [4.69, 9.17) is 10.2 Å². The van der Waals surface area contributed by atoms with Gasteiger partial charge >= 0.3 is 0 Å². The van der Waals surface area contributed by atoms with Crippen LogP contribution in [0.1, 0.15) is 30.8 Å². The third-order valence-corrected chi connectivity index (χ3v) is 2.44. The summed E-state index contributed by atoms with van der Waals surface area (Å²) in [6.07, 6.45) is 1.89. The Hall–Kier alpha value is -0.800. The highest BCUT2D eigenvalue weighted by molar-refractivity contribution is 5.17. The second-order valence-corrected chi connectivity index (χ2v) is 3.32. The SMILES string of the molecule is CCC(CN)C(O)c1occc1C. The van der Waals surface area contributed by atoms with E-state index in [0.717, 1.165) is 12.0 Å². The summed E-state index contributed by atoms with van der Waals surface area (Å²) in [5.74, 6) is 0.738. The van der Waals surface area contributed by atoms with Crippen molar-refractivity contribution < 1.29 is 9.52 Å². The van der Waals surface area contributed by atoms with E-state index in [9.17, 15) is 5.11 Å². The molecule has 3 N–H and O–H groups in total. The quantitative estimate of drug-likeness (QED) is 0.745. The average molecular weight is 183 g/mol. The number of hydrogen-bond acceptors (Lipinski definition) is 3. The molecule has 1 aromatic heterocycles. The zero-order valence-electron chi connectivity index (χ0n) is 8.16. The van der Waals surface area contributed by atoms with Crippen molar-refractivity contribution in [3.05, 3.63) is 23.7 Å². The summed E-state index contributed by atoms with van der Waals surface area (Å²) in [4.78, 5) is 0. The van der Waals surface area contributed by atoms with E-state index < -0.39 is 6.10 Å². The van der Waals surface area contributed by atoms with Crippen molar-refractivity contribution >= 4 is 0 Å². The zero-order chi connectivity index (χ0) is 9.84. The number of nitrogens with two attached hydrogens (primary N) is 1. The standard InChI is InChI=1S/C10H17NO2/c1-3-8(6-11)9(12)10-7(2)4-5-13-10/h4-5,8-9,12H,3,6,11H2,1-2H3. The maximum Gasteiger partial charge on any atom is 0.135 e. The fourth-order valence-electron chi connectivity index (χ4n) is 1.42. The predicted octanol–water partition coefficient (Wildman–Crippen LogP) is 1.61. The van der Waals surface area contributed by atoms with Crippen LogP contribution in [0, 0.1) is 12.8 Å². The van der Waals surface area contributed by atoms with Gasteiger partial charge in [-0.2, -0.15) is 0 Å². The highest BCUT2D eigenvalue weighted by Crippen LogP contribution is 2.26. The molecule has 0 amide bonds. The van der Waals surface area contributed by atoms with Gasteiger partial charge in [0.25, 0.3) is 0 Å². The van der Waals surface area contributed by atoms with Gasteiger partial charge in [0.2, 0.25) is 0 Å². The Bertz CT molecular complexity index is 253. The summed E-state index contributed by atoms with van der Waals surface area (Å²) in [5, 5.41) is 9.88. The van der Waals surface area contributed by atoms with Gasteiger partial charge in [-0.3, -0.25) is 0 Å². The summed E-state index contributed by atoms with van der Waals surface area (Å²) in [6.45, 7) is 4.42. The summed E-state index contributed by atoms with van der Waals surface area (Å²) < 4.78 is 5.21. The summed E-state index contributed by atoms with van der Waals surface area (Å²) >= 11 is 0. The molecule has 1 rings (SSSR count). The minimum atomic E-state index is -0.565. The van der Waals surface area contributed by atoms with Crippen molar-refractivity contribution in [3.8, 4) is 0 Å². The van der Waals surface area contributed by atoms with Gasteiger partial charge in [-0.1, -0.05) is 6.92 Å². The van der Waals surface area contributed by atoms with Crippen molar-refractivity contribution in [1.82, 2.24) is 0 Å². The number of aliphatic hydroxyl groups is 1. The molecule has 2 unspecified atom stereocenters. The van der Waals surface area contributed by atoms with Gasteiger partial charge in [0.15, 0.2) is 0 Å². The lowest BCUT2D eigenvalue weighted by atomic mass is 9.96. The molecular weight excluding hydrogens is 166 g/mol. The topological polar surface area (TPSA) is 59.4 Å². The van der Waals surface area contributed by atoms with E-state index in [0.29, 0.717) is 12.3 Å². The van der Waals surface area contributed by atoms with Crippen molar-refractivity contribution in [1.29, 1.82) is 0 Å². The first-order valence-corrected chi connectivity index (χ1v) is 4.62. The number of rotatable bonds is 4. The second-order valence-electron chi connectivity index (χ2n) is 3.32. The lowest BCUT2D eigenvalue weighted by molar-refractivity contribution is 0.0866. The van der Waals surface area contributed by atoms with Crippen LogP contribution in [0.4, 0.5) is 0 Å².